The second kappa shape index (κ2) is 7.90. The zero-order valence-corrected chi connectivity index (χ0v) is 14.1. The van der Waals surface area contributed by atoms with Crippen molar-refractivity contribution in [2.75, 3.05) is 5.32 Å². The van der Waals surface area contributed by atoms with Gasteiger partial charge in [-0.15, -0.1) is 0 Å². The van der Waals surface area contributed by atoms with Crippen molar-refractivity contribution in [2.24, 2.45) is 0 Å². The SMILES string of the molecule is CCc1ccccc1Nc1cnc(C(=O)NC2CCCCC2)cn1. The Morgan fingerprint density at radius 1 is 1.12 bits per heavy atom. The highest BCUT2D eigenvalue weighted by molar-refractivity contribution is 5.92. The molecule has 5 heteroatoms. The van der Waals surface area contributed by atoms with Gasteiger partial charge in [0.15, 0.2) is 0 Å². The van der Waals surface area contributed by atoms with Gasteiger partial charge in [-0.1, -0.05) is 44.4 Å². The van der Waals surface area contributed by atoms with E-state index in [9.17, 15) is 4.79 Å². The molecule has 0 radical (unpaired) electrons. The van der Waals surface area contributed by atoms with Gasteiger partial charge < -0.3 is 10.6 Å². The highest BCUT2D eigenvalue weighted by Gasteiger charge is 2.17. The first-order valence-electron chi connectivity index (χ1n) is 8.74. The van der Waals surface area contributed by atoms with Gasteiger partial charge in [0, 0.05) is 11.7 Å². The predicted molar refractivity (Wildman–Crippen MR) is 95.5 cm³/mol. The summed E-state index contributed by atoms with van der Waals surface area (Å²) < 4.78 is 0. The molecule has 2 N–H and O–H groups in total. The summed E-state index contributed by atoms with van der Waals surface area (Å²) in [5.74, 6) is 0.514. The number of amides is 1. The molecule has 5 nitrogen and oxygen atoms in total. The summed E-state index contributed by atoms with van der Waals surface area (Å²) in [6, 6.07) is 8.39. The van der Waals surface area contributed by atoms with Gasteiger partial charge >= 0.3 is 0 Å². The molecule has 1 aromatic heterocycles. The van der Waals surface area contributed by atoms with Gasteiger partial charge in [-0.25, -0.2) is 9.97 Å². The molecule has 1 saturated carbocycles. The van der Waals surface area contributed by atoms with Crippen LogP contribution in [0.3, 0.4) is 0 Å². The average Bonchev–Trinajstić information content (AvgIpc) is 2.63. The number of anilines is 2. The molecule has 1 fully saturated rings. The Morgan fingerprint density at radius 2 is 1.92 bits per heavy atom. The topological polar surface area (TPSA) is 66.9 Å². The fourth-order valence-electron chi connectivity index (χ4n) is 3.10. The molecule has 2 aromatic rings. The number of aryl methyl sites for hydroxylation is 1. The molecule has 0 saturated heterocycles. The van der Waals surface area contributed by atoms with Crippen LogP contribution in [0.4, 0.5) is 11.5 Å². The van der Waals surface area contributed by atoms with Crippen LogP contribution in [0.15, 0.2) is 36.7 Å². The number of hydrogen-bond donors (Lipinski definition) is 2. The van der Waals surface area contributed by atoms with E-state index in [-0.39, 0.29) is 11.9 Å². The average molecular weight is 324 g/mol. The molecule has 0 spiro atoms. The van der Waals surface area contributed by atoms with E-state index >= 15 is 0 Å². The number of benzene rings is 1. The van der Waals surface area contributed by atoms with Crippen molar-refractivity contribution >= 4 is 17.4 Å². The molecule has 1 aliphatic carbocycles. The fraction of sp³-hybridized carbons (Fsp3) is 0.421. The zero-order chi connectivity index (χ0) is 16.8. The van der Waals surface area contributed by atoms with Gasteiger partial charge in [-0.2, -0.15) is 0 Å². The number of para-hydroxylation sites is 1. The number of nitrogens with one attached hydrogen (secondary N) is 2. The van der Waals surface area contributed by atoms with E-state index in [1.165, 1.54) is 31.0 Å². The Labute approximate surface area is 142 Å². The van der Waals surface area contributed by atoms with E-state index in [2.05, 4.69) is 33.6 Å². The molecular formula is C19H24N4O. The van der Waals surface area contributed by atoms with Crippen LogP contribution in [0.25, 0.3) is 0 Å². The molecule has 1 aromatic carbocycles. The van der Waals surface area contributed by atoms with Crippen LogP contribution in [0.2, 0.25) is 0 Å². The summed E-state index contributed by atoms with van der Waals surface area (Å²) in [6.45, 7) is 2.12. The van der Waals surface area contributed by atoms with Gasteiger partial charge in [-0.3, -0.25) is 4.79 Å². The third-order valence-electron chi connectivity index (χ3n) is 4.49. The Morgan fingerprint density at radius 3 is 2.62 bits per heavy atom. The van der Waals surface area contributed by atoms with Crippen molar-refractivity contribution in [3.63, 3.8) is 0 Å². The van der Waals surface area contributed by atoms with E-state index in [1.54, 1.807) is 6.20 Å². The molecule has 3 rings (SSSR count). The van der Waals surface area contributed by atoms with E-state index in [4.69, 9.17) is 0 Å². The molecule has 1 amide bonds. The van der Waals surface area contributed by atoms with Crippen LogP contribution < -0.4 is 10.6 Å². The third-order valence-corrected chi connectivity index (χ3v) is 4.49. The van der Waals surface area contributed by atoms with Crippen molar-refractivity contribution in [3.05, 3.63) is 47.9 Å². The maximum Gasteiger partial charge on any atom is 0.271 e. The second-order valence-electron chi connectivity index (χ2n) is 6.23. The number of carbonyl (C=O) groups excluding carboxylic acids is 1. The number of rotatable bonds is 5. The molecule has 1 aliphatic rings. The first kappa shape index (κ1) is 16.4. The molecule has 0 unspecified atom stereocenters. The van der Waals surface area contributed by atoms with E-state index in [0.717, 1.165) is 24.9 Å². The summed E-state index contributed by atoms with van der Waals surface area (Å²) in [7, 11) is 0. The Kier molecular flexibility index (Phi) is 5.41. The smallest absolute Gasteiger partial charge is 0.271 e. The van der Waals surface area contributed by atoms with Gasteiger partial charge in [0.05, 0.1) is 12.4 Å². The van der Waals surface area contributed by atoms with Crippen molar-refractivity contribution in [1.82, 2.24) is 15.3 Å². The quantitative estimate of drug-likeness (QED) is 0.877. The summed E-state index contributed by atoms with van der Waals surface area (Å²) in [5, 5.41) is 6.33. The second-order valence-corrected chi connectivity index (χ2v) is 6.23. The lowest BCUT2D eigenvalue weighted by Gasteiger charge is -2.22. The standard InChI is InChI=1S/C19H24N4O/c1-2-14-8-6-7-11-16(14)23-18-13-20-17(12-21-18)19(24)22-15-9-4-3-5-10-15/h6-8,11-13,15H,2-5,9-10H2,1H3,(H,21,23)(H,22,24). The minimum absolute atomic E-state index is 0.130. The number of nitrogens with zero attached hydrogens (tertiary/aromatic N) is 2. The van der Waals surface area contributed by atoms with Gasteiger partial charge in [0.1, 0.15) is 11.5 Å². The molecule has 126 valence electrons. The minimum atomic E-state index is -0.130. The lowest BCUT2D eigenvalue weighted by atomic mass is 9.95. The van der Waals surface area contributed by atoms with Crippen molar-refractivity contribution < 1.29 is 4.79 Å². The summed E-state index contributed by atoms with van der Waals surface area (Å²) in [4.78, 5) is 20.8. The third kappa shape index (κ3) is 4.10. The maximum absolute atomic E-state index is 12.2. The van der Waals surface area contributed by atoms with E-state index in [0.29, 0.717) is 11.5 Å². The summed E-state index contributed by atoms with van der Waals surface area (Å²) in [5.41, 5.74) is 2.61. The van der Waals surface area contributed by atoms with Crippen molar-refractivity contribution in [3.8, 4) is 0 Å². The first-order chi connectivity index (χ1) is 11.8. The Hall–Kier alpha value is -2.43. The predicted octanol–water partition coefficient (Wildman–Crippen LogP) is 3.85. The van der Waals surface area contributed by atoms with Crippen LogP contribution in [0.1, 0.15) is 55.1 Å². The molecule has 0 bridgehead atoms. The van der Waals surface area contributed by atoms with Gasteiger partial charge in [0.2, 0.25) is 0 Å². The van der Waals surface area contributed by atoms with E-state index < -0.39 is 0 Å². The Balaban J connectivity index is 1.63. The largest absolute Gasteiger partial charge is 0.348 e. The lowest BCUT2D eigenvalue weighted by molar-refractivity contribution is 0.0922. The highest BCUT2D eigenvalue weighted by atomic mass is 16.1. The maximum atomic E-state index is 12.2. The lowest BCUT2D eigenvalue weighted by Crippen LogP contribution is -2.36. The van der Waals surface area contributed by atoms with Crippen LogP contribution in [-0.4, -0.2) is 21.9 Å². The normalized spacial score (nSPS) is 15.0. The number of aromatic nitrogens is 2. The Bertz CT molecular complexity index is 678. The number of carbonyl (C=O) groups is 1. The molecule has 0 atom stereocenters. The monoisotopic (exact) mass is 324 g/mol. The molecule has 24 heavy (non-hydrogen) atoms. The molecular weight excluding hydrogens is 300 g/mol. The van der Waals surface area contributed by atoms with Gasteiger partial charge in [-0.05, 0) is 30.9 Å². The molecule has 1 heterocycles. The van der Waals surface area contributed by atoms with Crippen LogP contribution >= 0.6 is 0 Å². The van der Waals surface area contributed by atoms with Crippen LogP contribution in [0, 0.1) is 0 Å². The number of hydrogen-bond acceptors (Lipinski definition) is 4. The highest BCUT2D eigenvalue weighted by Crippen LogP contribution is 2.20. The summed E-state index contributed by atoms with van der Waals surface area (Å²) >= 11 is 0. The first-order valence-corrected chi connectivity index (χ1v) is 8.74. The van der Waals surface area contributed by atoms with Crippen LogP contribution in [-0.2, 0) is 6.42 Å². The van der Waals surface area contributed by atoms with Gasteiger partial charge in [0.25, 0.3) is 5.91 Å². The molecule has 0 aliphatic heterocycles. The van der Waals surface area contributed by atoms with Crippen LogP contribution in [0.5, 0.6) is 0 Å². The fourth-order valence-corrected chi connectivity index (χ4v) is 3.10. The zero-order valence-electron chi connectivity index (χ0n) is 14.1. The van der Waals surface area contributed by atoms with E-state index in [1.807, 2.05) is 18.2 Å². The van der Waals surface area contributed by atoms with Crippen molar-refractivity contribution in [1.29, 1.82) is 0 Å². The van der Waals surface area contributed by atoms with Crippen molar-refractivity contribution in [2.45, 2.75) is 51.5 Å². The minimum Gasteiger partial charge on any atom is -0.348 e. The summed E-state index contributed by atoms with van der Waals surface area (Å²) in [6.07, 6.45) is 9.87.